The van der Waals surface area contributed by atoms with Crippen molar-refractivity contribution in [1.82, 2.24) is 19.7 Å². The predicted octanol–water partition coefficient (Wildman–Crippen LogP) is 1.40. The van der Waals surface area contributed by atoms with Crippen molar-refractivity contribution in [3.8, 4) is 10.6 Å². The van der Waals surface area contributed by atoms with Crippen LogP contribution in [0, 0.1) is 6.92 Å². The van der Waals surface area contributed by atoms with E-state index in [0.29, 0.717) is 22.1 Å². The second-order valence-electron chi connectivity index (χ2n) is 4.55. The Morgan fingerprint density at radius 2 is 2.19 bits per heavy atom. The normalized spacial score (nSPS) is 10.6. The van der Waals surface area contributed by atoms with E-state index in [1.807, 2.05) is 13.2 Å². The first-order valence-electron chi connectivity index (χ1n) is 6.40. The third-order valence-corrected chi connectivity index (χ3v) is 4.13. The molecule has 2 rings (SSSR count). The van der Waals surface area contributed by atoms with E-state index in [-0.39, 0.29) is 12.5 Å². The molecule has 21 heavy (non-hydrogen) atoms. The van der Waals surface area contributed by atoms with Crippen LogP contribution < -0.4 is 0 Å². The van der Waals surface area contributed by atoms with Gasteiger partial charge in [0.15, 0.2) is 0 Å². The number of hydrogen-bond acceptors (Lipinski definition) is 5. The maximum Gasteiger partial charge on any atom is 0.323 e. The fourth-order valence-electron chi connectivity index (χ4n) is 1.88. The van der Waals surface area contributed by atoms with E-state index in [9.17, 15) is 9.59 Å². The van der Waals surface area contributed by atoms with E-state index >= 15 is 0 Å². The Bertz CT molecular complexity index is 677. The van der Waals surface area contributed by atoms with Crippen molar-refractivity contribution in [2.24, 2.45) is 7.05 Å². The van der Waals surface area contributed by atoms with Crippen molar-refractivity contribution in [2.75, 3.05) is 13.1 Å². The second kappa shape index (κ2) is 6.04. The fourth-order valence-corrected chi connectivity index (χ4v) is 2.89. The minimum Gasteiger partial charge on any atom is -0.480 e. The standard InChI is InChI=1S/C13H16N4O3S/c1-4-17(7-10(18)19)13(20)11-8(2)15-12(21-11)9-5-14-16(3)6-9/h5-6H,4,7H2,1-3H3,(H,18,19). The SMILES string of the molecule is CCN(CC(=O)O)C(=O)c1sc(-c2cnn(C)c2)nc1C. The zero-order chi connectivity index (χ0) is 15.6. The zero-order valence-corrected chi connectivity index (χ0v) is 12.8. The molecule has 7 nitrogen and oxygen atoms in total. The molecule has 0 aliphatic carbocycles. The van der Waals surface area contributed by atoms with Gasteiger partial charge in [-0.1, -0.05) is 0 Å². The lowest BCUT2D eigenvalue weighted by molar-refractivity contribution is -0.137. The van der Waals surface area contributed by atoms with Crippen LogP contribution in [-0.4, -0.2) is 49.7 Å². The Morgan fingerprint density at radius 3 is 2.71 bits per heavy atom. The Hall–Kier alpha value is -2.22. The van der Waals surface area contributed by atoms with Crippen LogP contribution in [0.3, 0.4) is 0 Å². The molecule has 0 unspecified atom stereocenters. The van der Waals surface area contributed by atoms with Crippen molar-refractivity contribution < 1.29 is 14.7 Å². The van der Waals surface area contributed by atoms with E-state index in [1.165, 1.54) is 16.2 Å². The molecule has 2 heterocycles. The summed E-state index contributed by atoms with van der Waals surface area (Å²) >= 11 is 1.26. The van der Waals surface area contributed by atoms with Gasteiger partial charge in [0.1, 0.15) is 16.4 Å². The van der Waals surface area contributed by atoms with Gasteiger partial charge in [0.25, 0.3) is 5.91 Å². The van der Waals surface area contributed by atoms with Crippen LogP contribution in [0.25, 0.3) is 10.6 Å². The largest absolute Gasteiger partial charge is 0.480 e. The number of aliphatic carboxylic acids is 1. The van der Waals surface area contributed by atoms with E-state index in [2.05, 4.69) is 10.1 Å². The summed E-state index contributed by atoms with van der Waals surface area (Å²) in [5.41, 5.74) is 1.44. The number of aromatic nitrogens is 3. The number of carboxylic acid groups (broad SMARTS) is 1. The molecule has 0 aromatic carbocycles. The lowest BCUT2D eigenvalue weighted by atomic mass is 10.3. The number of nitrogens with zero attached hydrogens (tertiary/aromatic N) is 4. The smallest absolute Gasteiger partial charge is 0.323 e. The topological polar surface area (TPSA) is 88.3 Å². The minimum atomic E-state index is -1.03. The summed E-state index contributed by atoms with van der Waals surface area (Å²) in [4.78, 5) is 29.3. The summed E-state index contributed by atoms with van der Waals surface area (Å²) in [5.74, 6) is -1.33. The van der Waals surface area contributed by atoms with E-state index in [0.717, 1.165) is 5.56 Å². The van der Waals surface area contributed by atoms with Crippen LogP contribution in [0.15, 0.2) is 12.4 Å². The van der Waals surface area contributed by atoms with Crippen molar-refractivity contribution >= 4 is 23.2 Å². The van der Waals surface area contributed by atoms with Crippen LogP contribution >= 0.6 is 11.3 Å². The quantitative estimate of drug-likeness (QED) is 0.902. The Kier molecular flexibility index (Phi) is 4.37. The number of carboxylic acids is 1. The number of hydrogen-bond donors (Lipinski definition) is 1. The average Bonchev–Trinajstić information content (AvgIpc) is 3.01. The molecular weight excluding hydrogens is 292 g/mol. The highest BCUT2D eigenvalue weighted by molar-refractivity contribution is 7.17. The van der Waals surface area contributed by atoms with Gasteiger partial charge in [-0.3, -0.25) is 14.3 Å². The summed E-state index contributed by atoms with van der Waals surface area (Å²) in [7, 11) is 1.81. The van der Waals surface area contributed by atoms with Gasteiger partial charge in [-0.05, 0) is 13.8 Å². The molecule has 0 atom stereocenters. The molecule has 1 amide bonds. The summed E-state index contributed by atoms with van der Waals surface area (Å²) in [5, 5.41) is 13.6. The second-order valence-corrected chi connectivity index (χ2v) is 5.55. The molecule has 0 aliphatic rings. The predicted molar refractivity (Wildman–Crippen MR) is 78.3 cm³/mol. The average molecular weight is 308 g/mol. The lowest BCUT2D eigenvalue weighted by Gasteiger charge is -2.17. The van der Waals surface area contributed by atoms with Gasteiger partial charge in [-0.15, -0.1) is 11.3 Å². The van der Waals surface area contributed by atoms with Crippen LogP contribution in [0.1, 0.15) is 22.3 Å². The summed E-state index contributed by atoms with van der Waals surface area (Å²) in [6, 6.07) is 0. The number of aryl methyl sites for hydroxylation is 2. The first-order valence-corrected chi connectivity index (χ1v) is 7.21. The fraction of sp³-hybridized carbons (Fsp3) is 0.385. The van der Waals surface area contributed by atoms with Gasteiger partial charge in [0.05, 0.1) is 11.9 Å². The minimum absolute atomic E-state index is 0.301. The van der Waals surface area contributed by atoms with Gasteiger partial charge in [0.2, 0.25) is 0 Å². The van der Waals surface area contributed by atoms with Gasteiger partial charge in [-0.25, -0.2) is 4.98 Å². The zero-order valence-electron chi connectivity index (χ0n) is 12.0. The summed E-state index contributed by atoms with van der Waals surface area (Å²) < 4.78 is 1.66. The van der Waals surface area contributed by atoms with Crippen LogP contribution in [0.5, 0.6) is 0 Å². The molecule has 2 aromatic heterocycles. The van der Waals surface area contributed by atoms with Crippen molar-refractivity contribution in [3.05, 3.63) is 23.0 Å². The number of thiazole rings is 1. The Morgan fingerprint density at radius 1 is 1.48 bits per heavy atom. The Balaban J connectivity index is 2.30. The third kappa shape index (κ3) is 3.27. The highest BCUT2D eigenvalue weighted by Crippen LogP contribution is 2.28. The molecule has 0 radical (unpaired) electrons. The maximum absolute atomic E-state index is 12.4. The molecule has 0 fully saturated rings. The lowest BCUT2D eigenvalue weighted by Crippen LogP contribution is -2.35. The highest BCUT2D eigenvalue weighted by atomic mass is 32.1. The van der Waals surface area contributed by atoms with Crippen LogP contribution in [0.2, 0.25) is 0 Å². The van der Waals surface area contributed by atoms with Gasteiger partial charge >= 0.3 is 5.97 Å². The summed E-state index contributed by atoms with van der Waals surface area (Å²) in [6.07, 6.45) is 3.50. The van der Waals surface area contributed by atoms with Crippen molar-refractivity contribution in [1.29, 1.82) is 0 Å². The summed E-state index contributed by atoms with van der Waals surface area (Å²) in [6.45, 7) is 3.52. The van der Waals surface area contributed by atoms with Gasteiger partial charge in [-0.2, -0.15) is 5.10 Å². The van der Waals surface area contributed by atoms with Crippen LogP contribution in [-0.2, 0) is 11.8 Å². The molecule has 0 spiro atoms. The van der Waals surface area contributed by atoms with E-state index < -0.39 is 5.97 Å². The van der Waals surface area contributed by atoms with E-state index in [4.69, 9.17) is 5.11 Å². The van der Waals surface area contributed by atoms with Crippen molar-refractivity contribution in [3.63, 3.8) is 0 Å². The van der Waals surface area contributed by atoms with Gasteiger partial charge in [0, 0.05) is 25.4 Å². The number of rotatable bonds is 5. The number of carbonyl (C=O) groups excluding carboxylic acids is 1. The molecule has 0 bridgehead atoms. The molecule has 1 N–H and O–H groups in total. The molecular formula is C13H16N4O3S. The van der Waals surface area contributed by atoms with Crippen LogP contribution in [0.4, 0.5) is 0 Å². The van der Waals surface area contributed by atoms with E-state index in [1.54, 1.807) is 24.7 Å². The Labute approximate surface area is 125 Å². The number of amides is 1. The molecule has 0 saturated carbocycles. The van der Waals surface area contributed by atoms with Crippen molar-refractivity contribution in [2.45, 2.75) is 13.8 Å². The third-order valence-electron chi connectivity index (χ3n) is 2.94. The maximum atomic E-state index is 12.4. The molecule has 2 aromatic rings. The first-order chi connectivity index (χ1) is 9.92. The first kappa shape index (κ1) is 15.2. The van der Waals surface area contributed by atoms with Gasteiger partial charge < -0.3 is 10.0 Å². The molecule has 0 saturated heterocycles. The molecule has 112 valence electrons. The monoisotopic (exact) mass is 308 g/mol. The highest BCUT2D eigenvalue weighted by Gasteiger charge is 2.22. The number of likely N-dealkylation sites (N-methyl/N-ethyl adjacent to an activating group) is 1. The molecule has 8 heteroatoms. The number of carbonyl (C=O) groups is 2. The molecule has 0 aliphatic heterocycles.